The standard InChI is InChI=1S/C19H23ClFN3O3/c1-12-6-3-4-9-16(12)24-18(26)17(25)23(19(24)27)11-22(2)10-13-14(20)7-5-8-15(13)21/h5,7-8,12,16H,3-4,6,9-11H2,1-2H3. The molecule has 2 atom stereocenters. The summed E-state index contributed by atoms with van der Waals surface area (Å²) in [6, 6.07) is 3.57. The molecule has 4 amide bonds. The average molecular weight is 396 g/mol. The van der Waals surface area contributed by atoms with Crippen LogP contribution < -0.4 is 0 Å². The maximum absolute atomic E-state index is 14.0. The van der Waals surface area contributed by atoms with E-state index < -0.39 is 23.7 Å². The molecule has 0 bridgehead atoms. The minimum atomic E-state index is -0.829. The molecule has 1 heterocycles. The lowest BCUT2D eigenvalue weighted by Gasteiger charge is -2.34. The molecule has 1 aromatic carbocycles. The second kappa shape index (κ2) is 7.94. The molecule has 0 radical (unpaired) electrons. The van der Waals surface area contributed by atoms with Gasteiger partial charge in [-0.15, -0.1) is 0 Å². The van der Waals surface area contributed by atoms with Gasteiger partial charge >= 0.3 is 17.8 Å². The van der Waals surface area contributed by atoms with Gasteiger partial charge in [0.1, 0.15) is 5.82 Å². The van der Waals surface area contributed by atoms with Gasteiger partial charge in [0.05, 0.1) is 6.67 Å². The van der Waals surface area contributed by atoms with Gasteiger partial charge in [0, 0.05) is 23.2 Å². The summed E-state index contributed by atoms with van der Waals surface area (Å²) in [5.41, 5.74) is 0.282. The molecule has 1 saturated carbocycles. The predicted octanol–water partition coefficient (Wildman–Crippen LogP) is 3.24. The lowest BCUT2D eigenvalue weighted by molar-refractivity contribution is -0.145. The van der Waals surface area contributed by atoms with Gasteiger partial charge in [-0.05, 0) is 37.9 Å². The first-order valence-electron chi connectivity index (χ1n) is 9.11. The Labute approximate surface area is 162 Å². The zero-order valence-electron chi connectivity index (χ0n) is 15.5. The van der Waals surface area contributed by atoms with Gasteiger partial charge in [-0.3, -0.25) is 19.4 Å². The lowest BCUT2D eigenvalue weighted by Crippen LogP contribution is -2.46. The second-order valence-electron chi connectivity index (χ2n) is 7.38. The quantitative estimate of drug-likeness (QED) is 0.567. The number of nitrogens with zero attached hydrogens (tertiary/aromatic N) is 3. The van der Waals surface area contributed by atoms with Crippen molar-refractivity contribution in [2.45, 2.75) is 45.2 Å². The van der Waals surface area contributed by atoms with Crippen LogP contribution in [0.2, 0.25) is 5.02 Å². The van der Waals surface area contributed by atoms with Crippen molar-refractivity contribution < 1.29 is 18.8 Å². The summed E-state index contributed by atoms with van der Waals surface area (Å²) in [4.78, 5) is 41.2. The highest BCUT2D eigenvalue weighted by molar-refractivity contribution is 6.44. The van der Waals surface area contributed by atoms with Gasteiger partial charge in [0.25, 0.3) is 0 Å². The molecule has 1 saturated heterocycles. The first kappa shape index (κ1) is 19.8. The number of urea groups is 1. The van der Waals surface area contributed by atoms with E-state index in [4.69, 9.17) is 11.6 Å². The third kappa shape index (κ3) is 3.84. The van der Waals surface area contributed by atoms with Crippen molar-refractivity contribution in [3.63, 3.8) is 0 Å². The molecular formula is C19H23ClFN3O3. The number of imide groups is 2. The Morgan fingerprint density at radius 2 is 1.89 bits per heavy atom. The SMILES string of the molecule is CC1CCCCC1N1C(=O)C(=O)N(CN(C)Cc2c(F)cccc2Cl)C1=O. The van der Waals surface area contributed by atoms with Crippen LogP contribution in [-0.4, -0.2) is 52.3 Å². The Morgan fingerprint density at radius 1 is 1.19 bits per heavy atom. The first-order valence-corrected chi connectivity index (χ1v) is 9.49. The van der Waals surface area contributed by atoms with Crippen LogP contribution >= 0.6 is 11.6 Å². The molecule has 2 unspecified atom stereocenters. The molecular weight excluding hydrogens is 373 g/mol. The highest BCUT2D eigenvalue weighted by atomic mass is 35.5. The third-order valence-electron chi connectivity index (χ3n) is 5.35. The van der Waals surface area contributed by atoms with E-state index in [0.717, 1.165) is 35.5 Å². The van der Waals surface area contributed by atoms with E-state index in [2.05, 4.69) is 0 Å². The number of halogens is 2. The highest BCUT2D eigenvalue weighted by Crippen LogP contribution is 2.31. The summed E-state index contributed by atoms with van der Waals surface area (Å²) in [5.74, 6) is -1.88. The largest absolute Gasteiger partial charge is 0.335 e. The third-order valence-corrected chi connectivity index (χ3v) is 5.71. The fraction of sp³-hybridized carbons (Fsp3) is 0.526. The average Bonchev–Trinajstić information content (AvgIpc) is 2.83. The van der Waals surface area contributed by atoms with Crippen LogP contribution in [0.15, 0.2) is 18.2 Å². The lowest BCUT2D eigenvalue weighted by atomic mass is 9.85. The summed E-state index contributed by atoms with van der Waals surface area (Å²) < 4.78 is 14.0. The van der Waals surface area contributed by atoms with Crippen molar-refractivity contribution in [1.82, 2.24) is 14.7 Å². The van der Waals surface area contributed by atoms with Crippen molar-refractivity contribution in [2.24, 2.45) is 5.92 Å². The van der Waals surface area contributed by atoms with Crippen molar-refractivity contribution in [1.29, 1.82) is 0 Å². The maximum Gasteiger partial charge on any atom is 0.335 e. The topological polar surface area (TPSA) is 60.9 Å². The number of hydrogen-bond acceptors (Lipinski definition) is 4. The molecule has 1 aliphatic heterocycles. The Bertz CT molecular complexity index is 752. The molecule has 146 valence electrons. The van der Waals surface area contributed by atoms with Crippen molar-refractivity contribution in [2.75, 3.05) is 13.7 Å². The zero-order chi connectivity index (χ0) is 19.7. The summed E-state index contributed by atoms with van der Waals surface area (Å²) in [6.45, 7) is 2.01. The number of benzene rings is 1. The minimum absolute atomic E-state index is 0.105. The van der Waals surface area contributed by atoms with Crippen LogP contribution in [0.5, 0.6) is 0 Å². The summed E-state index contributed by atoms with van der Waals surface area (Å²) >= 11 is 6.04. The molecule has 1 aliphatic carbocycles. The monoisotopic (exact) mass is 395 g/mol. The van der Waals surface area contributed by atoms with E-state index >= 15 is 0 Å². The van der Waals surface area contributed by atoms with E-state index in [1.807, 2.05) is 6.92 Å². The van der Waals surface area contributed by atoms with Gasteiger partial charge in [-0.25, -0.2) is 14.1 Å². The smallest absolute Gasteiger partial charge is 0.284 e. The highest BCUT2D eigenvalue weighted by Gasteiger charge is 2.49. The molecule has 8 heteroatoms. The normalized spacial score (nSPS) is 23.7. The van der Waals surface area contributed by atoms with E-state index in [-0.39, 0.29) is 35.8 Å². The molecule has 0 aromatic heterocycles. The van der Waals surface area contributed by atoms with Crippen LogP contribution in [0, 0.1) is 11.7 Å². The Hall–Kier alpha value is -1.99. The van der Waals surface area contributed by atoms with Crippen LogP contribution in [0.3, 0.4) is 0 Å². The number of hydrogen-bond donors (Lipinski definition) is 0. The maximum atomic E-state index is 14.0. The van der Waals surface area contributed by atoms with E-state index in [9.17, 15) is 18.8 Å². The minimum Gasteiger partial charge on any atom is -0.284 e. The summed E-state index contributed by atoms with van der Waals surface area (Å²) in [6.07, 6.45) is 3.66. The second-order valence-corrected chi connectivity index (χ2v) is 7.78. The fourth-order valence-electron chi connectivity index (χ4n) is 3.86. The predicted molar refractivity (Wildman–Crippen MR) is 98.3 cm³/mol. The van der Waals surface area contributed by atoms with Gasteiger partial charge in [-0.2, -0.15) is 0 Å². The molecule has 2 fully saturated rings. The molecule has 0 spiro atoms. The molecule has 3 rings (SSSR count). The van der Waals surface area contributed by atoms with E-state index in [1.54, 1.807) is 18.0 Å². The molecule has 0 N–H and O–H groups in total. The van der Waals surface area contributed by atoms with E-state index in [1.165, 1.54) is 12.1 Å². The molecule has 6 nitrogen and oxygen atoms in total. The van der Waals surface area contributed by atoms with Crippen molar-refractivity contribution >= 4 is 29.4 Å². The van der Waals surface area contributed by atoms with Crippen molar-refractivity contribution in [3.8, 4) is 0 Å². The Kier molecular flexibility index (Phi) is 5.81. The van der Waals surface area contributed by atoms with Gasteiger partial charge < -0.3 is 0 Å². The molecule has 27 heavy (non-hydrogen) atoms. The molecule has 1 aromatic rings. The Morgan fingerprint density at radius 3 is 2.56 bits per heavy atom. The number of carbonyl (C=O) groups excluding carboxylic acids is 3. The van der Waals surface area contributed by atoms with Crippen LogP contribution in [0.25, 0.3) is 0 Å². The van der Waals surface area contributed by atoms with E-state index in [0.29, 0.717) is 0 Å². The zero-order valence-corrected chi connectivity index (χ0v) is 16.2. The number of rotatable bonds is 5. The van der Waals surface area contributed by atoms with Crippen LogP contribution in [0.4, 0.5) is 9.18 Å². The summed E-state index contributed by atoms with van der Waals surface area (Å²) in [5, 5.41) is 0.273. The summed E-state index contributed by atoms with van der Waals surface area (Å²) in [7, 11) is 1.64. The Balaban J connectivity index is 1.72. The number of amides is 4. The first-order chi connectivity index (χ1) is 12.8. The van der Waals surface area contributed by atoms with Gasteiger partial charge in [0.2, 0.25) is 0 Å². The van der Waals surface area contributed by atoms with Crippen LogP contribution in [-0.2, 0) is 16.1 Å². The fourth-order valence-corrected chi connectivity index (χ4v) is 4.09. The number of carbonyl (C=O) groups is 3. The van der Waals surface area contributed by atoms with Gasteiger partial charge in [-0.1, -0.05) is 37.4 Å². The molecule has 2 aliphatic rings. The van der Waals surface area contributed by atoms with Crippen molar-refractivity contribution in [3.05, 3.63) is 34.6 Å². The van der Waals surface area contributed by atoms with Crippen LogP contribution in [0.1, 0.15) is 38.2 Å². The van der Waals surface area contributed by atoms with Gasteiger partial charge in [0.15, 0.2) is 0 Å².